The minimum Gasteiger partial charge on any atom is -0.549 e. The summed E-state index contributed by atoms with van der Waals surface area (Å²) in [7, 11) is 0. The molecule has 23 heavy (non-hydrogen) atoms. The predicted octanol–water partition coefficient (Wildman–Crippen LogP) is 5.69. The molecule has 0 amide bonds. The van der Waals surface area contributed by atoms with E-state index in [-0.39, 0.29) is 0 Å². The van der Waals surface area contributed by atoms with Gasteiger partial charge >= 0.3 is 0 Å². The number of carboxylic acid groups (broad SMARTS) is 1. The van der Waals surface area contributed by atoms with Crippen LogP contribution in [0.4, 0.5) is 0 Å². The molecule has 0 aromatic rings. The SMILES string of the molecule is CCCCCCCCCCCCCCCCCCC(S)C(=O)[O-]. The summed E-state index contributed by atoms with van der Waals surface area (Å²) in [5, 5.41) is 9.92. The monoisotopic (exact) mass is 343 g/mol. The number of carboxylic acids is 1. The lowest BCUT2D eigenvalue weighted by atomic mass is 10.0. The Balaban J connectivity index is 3.04. The summed E-state index contributed by atoms with van der Waals surface area (Å²) < 4.78 is 0. The maximum Gasteiger partial charge on any atom is 0.0541 e. The third-order valence-corrected chi connectivity index (χ3v) is 5.07. The number of hydrogen-bond donors (Lipinski definition) is 1. The van der Waals surface area contributed by atoms with Crippen LogP contribution < -0.4 is 5.11 Å². The van der Waals surface area contributed by atoms with E-state index >= 15 is 0 Å². The van der Waals surface area contributed by atoms with Crippen LogP contribution in [0.2, 0.25) is 0 Å². The summed E-state index contributed by atoms with van der Waals surface area (Å²) in [6.07, 6.45) is 22.1. The minimum atomic E-state index is -1.03. The molecule has 0 N–H and O–H groups in total. The van der Waals surface area contributed by atoms with Crippen molar-refractivity contribution in [3.8, 4) is 0 Å². The van der Waals surface area contributed by atoms with Crippen LogP contribution in [-0.4, -0.2) is 11.2 Å². The first-order chi connectivity index (χ1) is 11.2. The second kappa shape index (κ2) is 18.2. The number of unbranched alkanes of at least 4 members (excludes halogenated alkanes) is 15. The van der Waals surface area contributed by atoms with E-state index < -0.39 is 11.2 Å². The van der Waals surface area contributed by atoms with Crippen molar-refractivity contribution in [2.75, 3.05) is 0 Å². The summed E-state index contributed by atoms with van der Waals surface area (Å²) in [6, 6.07) is 0. The van der Waals surface area contributed by atoms with E-state index in [1.807, 2.05) is 0 Å². The highest BCUT2D eigenvalue weighted by molar-refractivity contribution is 7.81. The van der Waals surface area contributed by atoms with Crippen LogP contribution in [-0.2, 0) is 4.79 Å². The van der Waals surface area contributed by atoms with Gasteiger partial charge in [-0.1, -0.05) is 110 Å². The first-order valence-electron chi connectivity index (χ1n) is 10.1. The molecule has 0 aromatic carbocycles. The summed E-state index contributed by atoms with van der Waals surface area (Å²) in [5.41, 5.74) is 0. The highest BCUT2D eigenvalue weighted by atomic mass is 32.1. The van der Waals surface area contributed by atoms with E-state index in [1.54, 1.807) is 0 Å². The van der Waals surface area contributed by atoms with E-state index in [4.69, 9.17) is 0 Å². The highest BCUT2D eigenvalue weighted by Crippen LogP contribution is 2.14. The lowest BCUT2D eigenvalue weighted by Crippen LogP contribution is -2.31. The maximum absolute atomic E-state index is 10.5. The van der Waals surface area contributed by atoms with E-state index in [9.17, 15) is 9.90 Å². The Bertz CT molecular complexity index is 256. The lowest BCUT2D eigenvalue weighted by Gasteiger charge is -2.10. The van der Waals surface area contributed by atoms with Crippen LogP contribution in [0.25, 0.3) is 0 Å². The summed E-state index contributed by atoms with van der Waals surface area (Å²) in [6.45, 7) is 2.27. The van der Waals surface area contributed by atoms with E-state index in [1.165, 1.54) is 89.9 Å². The fraction of sp³-hybridized carbons (Fsp3) is 0.950. The average Bonchev–Trinajstić information content (AvgIpc) is 2.54. The molecule has 0 bridgehead atoms. The zero-order valence-electron chi connectivity index (χ0n) is 15.4. The Kier molecular flexibility index (Phi) is 18.0. The molecular formula is C20H39O2S-. The van der Waals surface area contributed by atoms with Crippen molar-refractivity contribution in [3.05, 3.63) is 0 Å². The summed E-state index contributed by atoms with van der Waals surface area (Å²) >= 11 is 3.99. The molecule has 0 saturated carbocycles. The summed E-state index contributed by atoms with van der Waals surface area (Å²) in [4.78, 5) is 10.5. The Hall–Kier alpha value is -0.180. The van der Waals surface area contributed by atoms with Gasteiger partial charge in [-0.2, -0.15) is 12.6 Å². The van der Waals surface area contributed by atoms with Gasteiger partial charge in [-0.15, -0.1) is 0 Å². The van der Waals surface area contributed by atoms with Crippen LogP contribution >= 0.6 is 12.6 Å². The van der Waals surface area contributed by atoms with Crippen molar-refractivity contribution >= 4 is 18.6 Å². The second-order valence-corrected chi connectivity index (χ2v) is 7.55. The third kappa shape index (κ3) is 18.0. The molecule has 0 fully saturated rings. The Morgan fingerprint density at radius 2 is 1.00 bits per heavy atom. The molecule has 0 aliphatic heterocycles. The molecule has 0 rings (SSSR count). The van der Waals surface area contributed by atoms with E-state index in [0.29, 0.717) is 6.42 Å². The Morgan fingerprint density at radius 3 is 1.30 bits per heavy atom. The molecule has 0 radical (unpaired) electrons. The van der Waals surface area contributed by atoms with Crippen LogP contribution in [0.1, 0.15) is 116 Å². The molecule has 0 aliphatic carbocycles. The molecule has 1 unspecified atom stereocenters. The number of hydrogen-bond acceptors (Lipinski definition) is 3. The number of thiol groups is 1. The van der Waals surface area contributed by atoms with Gasteiger partial charge in [0, 0.05) is 5.25 Å². The van der Waals surface area contributed by atoms with Crippen molar-refractivity contribution < 1.29 is 9.90 Å². The lowest BCUT2D eigenvalue weighted by molar-refractivity contribution is -0.304. The number of carbonyl (C=O) groups is 1. The number of aliphatic carboxylic acids is 1. The molecule has 2 nitrogen and oxygen atoms in total. The molecule has 0 spiro atoms. The van der Waals surface area contributed by atoms with Gasteiger partial charge in [-0.05, 0) is 6.42 Å². The van der Waals surface area contributed by atoms with Gasteiger partial charge in [-0.3, -0.25) is 0 Å². The molecule has 0 saturated heterocycles. The van der Waals surface area contributed by atoms with Crippen molar-refractivity contribution in [1.29, 1.82) is 0 Å². The van der Waals surface area contributed by atoms with Crippen molar-refractivity contribution in [2.24, 2.45) is 0 Å². The zero-order valence-corrected chi connectivity index (χ0v) is 16.3. The third-order valence-electron chi connectivity index (χ3n) is 4.60. The van der Waals surface area contributed by atoms with Gasteiger partial charge in [0.25, 0.3) is 0 Å². The molecule has 0 heterocycles. The van der Waals surface area contributed by atoms with Gasteiger partial charge < -0.3 is 9.90 Å². The topological polar surface area (TPSA) is 40.1 Å². The molecule has 3 heteroatoms. The zero-order chi connectivity index (χ0) is 17.2. The van der Waals surface area contributed by atoms with Crippen LogP contribution in [0.15, 0.2) is 0 Å². The minimum absolute atomic E-state index is 0.582. The molecule has 0 aliphatic rings. The second-order valence-electron chi connectivity index (χ2n) is 6.93. The standard InChI is InChI=1S/C20H40O2S/c1-2-3-4-5-6-7-8-9-10-11-12-13-14-15-16-17-18-19(23)20(21)22/h19,23H,2-18H2,1H3,(H,21,22)/p-1. The molecular weight excluding hydrogens is 304 g/mol. The number of rotatable bonds is 18. The highest BCUT2D eigenvalue weighted by Gasteiger charge is 2.02. The number of carbonyl (C=O) groups excluding carboxylic acids is 1. The maximum atomic E-state index is 10.5. The molecule has 1 atom stereocenters. The van der Waals surface area contributed by atoms with Gasteiger partial charge in [0.2, 0.25) is 0 Å². The Labute approximate surface area is 150 Å². The van der Waals surface area contributed by atoms with E-state index in [2.05, 4.69) is 19.6 Å². The van der Waals surface area contributed by atoms with Gasteiger partial charge in [-0.25, -0.2) is 0 Å². The van der Waals surface area contributed by atoms with Crippen LogP contribution in [0.5, 0.6) is 0 Å². The van der Waals surface area contributed by atoms with Gasteiger partial charge in [0.15, 0.2) is 0 Å². The predicted molar refractivity (Wildman–Crippen MR) is 102 cm³/mol. The largest absolute Gasteiger partial charge is 0.549 e. The quantitative estimate of drug-likeness (QED) is 0.257. The van der Waals surface area contributed by atoms with Crippen LogP contribution in [0.3, 0.4) is 0 Å². The first-order valence-corrected chi connectivity index (χ1v) is 10.6. The van der Waals surface area contributed by atoms with E-state index in [0.717, 1.165) is 12.8 Å². The Morgan fingerprint density at radius 1 is 0.696 bits per heavy atom. The smallest absolute Gasteiger partial charge is 0.0541 e. The fourth-order valence-corrected chi connectivity index (χ4v) is 3.19. The normalized spacial score (nSPS) is 12.4. The van der Waals surface area contributed by atoms with Crippen molar-refractivity contribution in [1.82, 2.24) is 0 Å². The molecule has 138 valence electrons. The molecule has 0 aromatic heterocycles. The summed E-state index contributed by atoms with van der Waals surface area (Å²) in [5.74, 6) is -1.03. The van der Waals surface area contributed by atoms with Crippen LogP contribution in [0, 0.1) is 0 Å². The van der Waals surface area contributed by atoms with Gasteiger partial charge in [0.05, 0.1) is 5.97 Å². The average molecular weight is 344 g/mol. The first kappa shape index (κ1) is 22.8. The van der Waals surface area contributed by atoms with Crippen molar-refractivity contribution in [3.63, 3.8) is 0 Å². The van der Waals surface area contributed by atoms with Gasteiger partial charge in [0.1, 0.15) is 0 Å². The fourth-order valence-electron chi connectivity index (χ4n) is 3.00. The van der Waals surface area contributed by atoms with Crippen molar-refractivity contribution in [2.45, 2.75) is 121 Å².